The molecule has 0 bridgehead atoms. The molecule has 0 saturated heterocycles. The summed E-state index contributed by atoms with van der Waals surface area (Å²) in [4.78, 5) is 30.8. The number of aliphatic hydroxyl groups is 1. The van der Waals surface area contributed by atoms with E-state index in [9.17, 15) is 14.7 Å². The molecule has 1 atom stereocenters. The Hall–Kier alpha value is -2.41. The van der Waals surface area contributed by atoms with Crippen LogP contribution in [0.4, 0.5) is 0 Å². The number of H-pyrrole nitrogens is 1. The Kier molecular flexibility index (Phi) is 4.94. The van der Waals surface area contributed by atoms with Crippen molar-refractivity contribution in [3.8, 4) is 0 Å². The maximum atomic E-state index is 12.1. The number of rotatable bonds is 5. The van der Waals surface area contributed by atoms with Crippen LogP contribution in [-0.2, 0) is 16.8 Å². The third-order valence-corrected chi connectivity index (χ3v) is 3.93. The summed E-state index contributed by atoms with van der Waals surface area (Å²) in [6, 6.07) is 1.75. The number of aryl methyl sites for hydroxylation is 4. The van der Waals surface area contributed by atoms with Gasteiger partial charge in [0.05, 0.1) is 13.0 Å². The van der Waals surface area contributed by atoms with E-state index in [0.717, 1.165) is 0 Å². The molecule has 0 spiro atoms. The van der Waals surface area contributed by atoms with Gasteiger partial charge in [0.25, 0.3) is 5.56 Å². The van der Waals surface area contributed by atoms with Crippen molar-refractivity contribution in [3.05, 3.63) is 50.6 Å². The lowest BCUT2D eigenvalue weighted by atomic mass is 9.96. The SMILES string of the molecule is Cc1nc(C)c(CC(=O)NCC(C)(O)c2cc(C)oc2C)c(=O)[nH]1. The fourth-order valence-corrected chi connectivity index (χ4v) is 2.71. The fraction of sp³-hybridized carbons (Fsp3) is 0.471. The first-order valence-electron chi connectivity index (χ1n) is 7.73. The van der Waals surface area contributed by atoms with E-state index in [-0.39, 0.29) is 24.4 Å². The number of aromatic amines is 1. The van der Waals surface area contributed by atoms with E-state index >= 15 is 0 Å². The number of furan rings is 1. The number of amides is 1. The molecular formula is C17H23N3O4. The molecule has 1 unspecified atom stereocenters. The molecule has 1 amide bonds. The van der Waals surface area contributed by atoms with E-state index in [2.05, 4.69) is 15.3 Å². The molecule has 0 saturated carbocycles. The summed E-state index contributed by atoms with van der Waals surface area (Å²) in [5, 5.41) is 13.2. The topological polar surface area (TPSA) is 108 Å². The molecule has 2 rings (SSSR count). The molecule has 0 aliphatic carbocycles. The van der Waals surface area contributed by atoms with Crippen LogP contribution >= 0.6 is 0 Å². The van der Waals surface area contributed by atoms with Crippen LogP contribution in [-0.4, -0.2) is 27.5 Å². The summed E-state index contributed by atoms with van der Waals surface area (Å²) in [5.41, 5.74) is -0.0908. The van der Waals surface area contributed by atoms with Gasteiger partial charge in [0.2, 0.25) is 5.91 Å². The summed E-state index contributed by atoms with van der Waals surface area (Å²) in [5.74, 6) is 1.46. The smallest absolute Gasteiger partial charge is 0.254 e. The van der Waals surface area contributed by atoms with Gasteiger partial charge in [-0.3, -0.25) is 9.59 Å². The third-order valence-electron chi connectivity index (χ3n) is 3.93. The molecule has 0 aliphatic rings. The quantitative estimate of drug-likeness (QED) is 0.761. The summed E-state index contributed by atoms with van der Waals surface area (Å²) in [6.07, 6.45) is -0.0894. The first-order valence-corrected chi connectivity index (χ1v) is 7.73. The third kappa shape index (κ3) is 3.91. The second-order valence-electron chi connectivity index (χ2n) is 6.27. The Balaban J connectivity index is 2.06. The highest BCUT2D eigenvalue weighted by molar-refractivity contribution is 5.78. The van der Waals surface area contributed by atoms with Crippen LogP contribution in [0.15, 0.2) is 15.3 Å². The fourth-order valence-electron chi connectivity index (χ4n) is 2.71. The number of carbonyl (C=O) groups is 1. The zero-order valence-corrected chi connectivity index (χ0v) is 14.6. The van der Waals surface area contributed by atoms with Crippen molar-refractivity contribution >= 4 is 5.91 Å². The Morgan fingerprint density at radius 2 is 2.04 bits per heavy atom. The summed E-state index contributed by atoms with van der Waals surface area (Å²) in [6.45, 7) is 8.56. The van der Waals surface area contributed by atoms with Crippen LogP contribution in [0.1, 0.15) is 41.1 Å². The van der Waals surface area contributed by atoms with Crippen LogP contribution in [0.2, 0.25) is 0 Å². The molecule has 7 heteroatoms. The summed E-state index contributed by atoms with van der Waals surface area (Å²) in [7, 11) is 0. The first-order chi connectivity index (χ1) is 11.1. The van der Waals surface area contributed by atoms with Gasteiger partial charge in [-0.15, -0.1) is 0 Å². The number of hydrogen-bond acceptors (Lipinski definition) is 5. The lowest BCUT2D eigenvalue weighted by Crippen LogP contribution is -2.40. The van der Waals surface area contributed by atoms with Gasteiger partial charge < -0.3 is 19.8 Å². The van der Waals surface area contributed by atoms with Crippen LogP contribution in [0, 0.1) is 27.7 Å². The average Bonchev–Trinajstić information content (AvgIpc) is 2.80. The molecule has 0 aromatic carbocycles. The van der Waals surface area contributed by atoms with Crippen molar-refractivity contribution in [1.82, 2.24) is 15.3 Å². The Morgan fingerprint density at radius 3 is 2.58 bits per heavy atom. The highest BCUT2D eigenvalue weighted by atomic mass is 16.3. The van der Waals surface area contributed by atoms with Crippen LogP contribution in [0.5, 0.6) is 0 Å². The van der Waals surface area contributed by atoms with Crippen molar-refractivity contribution in [3.63, 3.8) is 0 Å². The molecular weight excluding hydrogens is 310 g/mol. The maximum Gasteiger partial charge on any atom is 0.254 e. The number of carbonyl (C=O) groups excluding carboxylic acids is 1. The van der Waals surface area contributed by atoms with Gasteiger partial charge in [-0.25, -0.2) is 4.98 Å². The van der Waals surface area contributed by atoms with Gasteiger partial charge in [0.1, 0.15) is 22.9 Å². The van der Waals surface area contributed by atoms with Crippen LogP contribution in [0.3, 0.4) is 0 Å². The molecule has 0 aliphatic heterocycles. The van der Waals surface area contributed by atoms with Gasteiger partial charge in [0.15, 0.2) is 0 Å². The van der Waals surface area contributed by atoms with Crippen molar-refractivity contribution < 1.29 is 14.3 Å². The molecule has 0 fully saturated rings. The predicted octanol–water partition coefficient (Wildman–Crippen LogP) is 1.16. The predicted molar refractivity (Wildman–Crippen MR) is 88.8 cm³/mol. The standard InChI is InChI=1S/C17H23N3O4/c1-9-6-14(11(3)24-9)17(5,23)8-18-15(21)7-13-10(2)19-12(4)20-16(13)22/h6,23H,7-8H2,1-5H3,(H,18,21)(H,19,20,22). The van der Waals surface area contributed by atoms with Crippen molar-refractivity contribution in [2.45, 2.75) is 46.6 Å². The Labute approximate surface area is 140 Å². The minimum Gasteiger partial charge on any atom is -0.466 e. The van der Waals surface area contributed by atoms with E-state index in [4.69, 9.17) is 4.42 Å². The van der Waals surface area contributed by atoms with Crippen LogP contribution < -0.4 is 10.9 Å². The molecule has 2 heterocycles. The van der Waals surface area contributed by atoms with Gasteiger partial charge >= 0.3 is 0 Å². The normalized spacial score (nSPS) is 13.6. The number of aromatic nitrogens is 2. The minimum atomic E-state index is -1.26. The molecule has 130 valence electrons. The molecule has 7 nitrogen and oxygen atoms in total. The average molecular weight is 333 g/mol. The molecule has 2 aromatic rings. The summed E-state index contributed by atoms with van der Waals surface area (Å²) < 4.78 is 5.42. The van der Waals surface area contributed by atoms with Crippen LogP contribution in [0.25, 0.3) is 0 Å². The lowest BCUT2D eigenvalue weighted by Gasteiger charge is -2.23. The molecule has 24 heavy (non-hydrogen) atoms. The molecule has 2 aromatic heterocycles. The highest BCUT2D eigenvalue weighted by Gasteiger charge is 2.28. The van der Waals surface area contributed by atoms with E-state index in [0.29, 0.717) is 34.2 Å². The lowest BCUT2D eigenvalue weighted by molar-refractivity contribution is -0.121. The van der Waals surface area contributed by atoms with Gasteiger partial charge in [-0.2, -0.15) is 0 Å². The zero-order valence-electron chi connectivity index (χ0n) is 14.6. The first kappa shape index (κ1) is 17.9. The Bertz CT molecular complexity index is 818. The largest absolute Gasteiger partial charge is 0.466 e. The highest BCUT2D eigenvalue weighted by Crippen LogP contribution is 2.26. The minimum absolute atomic E-state index is 0.0158. The second-order valence-corrected chi connectivity index (χ2v) is 6.27. The second kappa shape index (κ2) is 6.60. The molecule has 3 N–H and O–H groups in total. The number of hydrogen-bond donors (Lipinski definition) is 3. The van der Waals surface area contributed by atoms with E-state index < -0.39 is 5.60 Å². The number of nitrogens with one attached hydrogen (secondary N) is 2. The van der Waals surface area contributed by atoms with E-state index in [1.54, 1.807) is 40.7 Å². The van der Waals surface area contributed by atoms with Gasteiger partial charge in [-0.1, -0.05) is 0 Å². The number of nitrogens with zero attached hydrogens (tertiary/aromatic N) is 1. The van der Waals surface area contributed by atoms with Gasteiger partial charge in [-0.05, 0) is 40.7 Å². The maximum absolute atomic E-state index is 12.1. The zero-order chi connectivity index (χ0) is 18.1. The Morgan fingerprint density at radius 1 is 1.38 bits per heavy atom. The van der Waals surface area contributed by atoms with Crippen molar-refractivity contribution in [2.75, 3.05) is 6.54 Å². The van der Waals surface area contributed by atoms with E-state index in [1.165, 1.54) is 0 Å². The summed E-state index contributed by atoms with van der Waals surface area (Å²) >= 11 is 0. The van der Waals surface area contributed by atoms with E-state index in [1.807, 2.05) is 0 Å². The molecule has 0 radical (unpaired) electrons. The monoisotopic (exact) mass is 333 g/mol. The van der Waals surface area contributed by atoms with Gasteiger partial charge in [0, 0.05) is 16.8 Å². The van der Waals surface area contributed by atoms with Crippen molar-refractivity contribution in [1.29, 1.82) is 0 Å². The van der Waals surface area contributed by atoms with Crippen molar-refractivity contribution in [2.24, 2.45) is 0 Å².